The van der Waals surface area contributed by atoms with Gasteiger partial charge < -0.3 is 0 Å². The summed E-state index contributed by atoms with van der Waals surface area (Å²) in [6, 6.07) is 1.33. The molecular formula is C4H2Cl2O2S2. The fraction of sp³-hybridized carbons (Fsp3) is 0. The smallest absolute Gasteiger partial charge is 0.177 e. The first-order chi connectivity index (χ1) is 4.61. The molecule has 0 aliphatic heterocycles. The highest BCUT2D eigenvalue weighted by atomic mass is 35.5. The molecule has 0 aromatic carbocycles. The van der Waals surface area contributed by atoms with Crippen LogP contribution >= 0.6 is 34.5 Å². The molecule has 0 saturated carbocycles. The van der Waals surface area contributed by atoms with Crippen molar-refractivity contribution in [3.8, 4) is 0 Å². The second-order valence-electron chi connectivity index (χ2n) is 1.46. The summed E-state index contributed by atoms with van der Waals surface area (Å²) in [5.74, 6) is 0. The first-order valence-corrected chi connectivity index (χ1v) is 4.95. The molecule has 0 bridgehead atoms. The number of thiophene rings is 1. The van der Waals surface area contributed by atoms with Crippen LogP contribution in [0.1, 0.15) is 0 Å². The standard InChI is InChI=1S/C4H2Cl2O2S2/c5-2-1-3(10(7)8)9-4(2)6/h1,10H. The summed E-state index contributed by atoms with van der Waals surface area (Å²) in [4.78, 5) is 0. The predicted octanol–water partition coefficient (Wildman–Crippen LogP) is 2.03. The first kappa shape index (κ1) is 8.33. The summed E-state index contributed by atoms with van der Waals surface area (Å²) in [6.45, 7) is 0. The zero-order valence-corrected chi connectivity index (χ0v) is 7.73. The van der Waals surface area contributed by atoms with Gasteiger partial charge in [0.2, 0.25) is 0 Å². The van der Waals surface area contributed by atoms with Gasteiger partial charge in [-0.05, 0) is 6.07 Å². The molecule has 6 heteroatoms. The molecule has 0 saturated heterocycles. The predicted molar refractivity (Wildman–Crippen MR) is 42.9 cm³/mol. The van der Waals surface area contributed by atoms with Gasteiger partial charge in [0.05, 0.1) is 5.02 Å². The van der Waals surface area contributed by atoms with Crippen molar-refractivity contribution in [3.63, 3.8) is 0 Å². The average Bonchev–Trinajstić information content (AvgIpc) is 2.13. The van der Waals surface area contributed by atoms with E-state index in [-0.39, 0.29) is 4.21 Å². The van der Waals surface area contributed by atoms with Gasteiger partial charge in [-0.25, -0.2) is 8.42 Å². The molecule has 56 valence electrons. The minimum Gasteiger partial charge on any atom is -0.226 e. The number of hydrogen-bond acceptors (Lipinski definition) is 3. The maximum Gasteiger partial charge on any atom is 0.177 e. The van der Waals surface area contributed by atoms with Crippen LogP contribution < -0.4 is 0 Å². The normalized spacial score (nSPS) is 10.7. The lowest BCUT2D eigenvalue weighted by molar-refractivity contribution is 0.616. The van der Waals surface area contributed by atoms with Crippen LogP contribution in [-0.2, 0) is 10.7 Å². The van der Waals surface area contributed by atoms with Gasteiger partial charge in [-0.3, -0.25) is 0 Å². The van der Waals surface area contributed by atoms with Crippen LogP contribution in [0.25, 0.3) is 0 Å². The largest absolute Gasteiger partial charge is 0.226 e. The zero-order chi connectivity index (χ0) is 7.72. The topological polar surface area (TPSA) is 34.1 Å². The molecule has 0 fully saturated rings. The van der Waals surface area contributed by atoms with Crippen molar-refractivity contribution < 1.29 is 8.42 Å². The summed E-state index contributed by atoms with van der Waals surface area (Å²) in [7, 11) is -2.54. The Morgan fingerprint density at radius 1 is 1.40 bits per heavy atom. The van der Waals surface area contributed by atoms with Gasteiger partial charge in [-0.15, -0.1) is 11.3 Å². The van der Waals surface area contributed by atoms with Gasteiger partial charge in [0.15, 0.2) is 10.7 Å². The van der Waals surface area contributed by atoms with E-state index in [2.05, 4.69) is 0 Å². The molecule has 10 heavy (non-hydrogen) atoms. The maximum absolute atomic E-state index is 10.3. The van der Waals surface area contributed by atoms with E-state index in [1.165, 1.54) is 6.07 Å². The number of hydrogen-bond donors (Lipinski definition) is 1. The highest BCUT2D eigenvalue weighted by molar-refractivity contribution is 7.75. The molecule has 1 heterocycles. The summed E-state index contributed by atoms with van der Waals surface area (Å²) in [5, 5.41) is 0.292. The van der Waals surface area contributed by atoms with Crippen LogP contribution in [0.4, 0.5) is 0 Å². The van der Waals surface area contributed by atoms with Crippen molar-refractivity contribution in [2.45, 2.75) is 4.21 Å². The monoisotopic (exact) mass is 216 g/mol. The summed E-state index contributed by atoms with van der Waals surface area (Å²) in [5.41, 5.74) is 0. The number of thiol groups is 1. The molecule has 0 radical (unpaired) electrons. The van der Waals surface area contributed by atoms with Crippen LogP contribution in [0.5, 0.6) is 0 Å². The van der Waals surface area contributed by atoms with Gasteiger partial charge in [-0.2, -0.15) is 0 Å². The second-order valence-corrected chi connectivity index (χ2v) is 4.82. The Morgan fingerprint density at radius 2 is 2.00 bits per heavy atom. The Kier molecular flexibility index (Phi) is 2.57. The molecular weight excluding hydrogens is 215 g/mol. The van der Waals surface area contributed by atoms with E-state index in [1.807, 2.05) is 0 Å². The highest BCUT2D eigenvalue weighted by Crippen LogP contribution is 2.32. The number of halogens is 2. The molecule has 1 aromatic rings. The second kappa shape index (κ2) is 3.09. The van der Waals surface area contributed by atoms with Crippen LogP contribution in [-0.4, -0.2) is 8.42 Å². The summed E-state index contributed by atoms with van der Waals surface area (Å²) in [6.07, 6.45) is 0. The Hall–Kier alpha value is 0.230. The fourth-order valence-electron chi connectivity index (χ4n) is 0.425. The van der Waals surface area contributed by atoms with Crippen molar-refractivity contribution >= 4 is 45.2 Å². The van der Waals surface area contributed by atoms with Gasteiger partial charge in [0.1, 0.15) is 8.55 Å². The molecule has 0 unspecified atom stereocenters. The Labute approximate surface area is 73.3 Å². The summed E-state index contributed by atoms with van der Waals surface area (Å²) >= 11 is 11.9. The third-order valence-electron chi connectivity index (χ3n) is 0.812. The summed E-state index contributed by atoms with van der Waals surface area (Å²) < 4.78 is 21.1. The minimum absolute atomic E-state index is 0.199. The van der Waals surface area contributed by atoms with Crippen LogP contribution in [0.15, 0.2) is 10.3 Å². The lowest BCUT2D eigenvalue weighted by Gasteiger charge is -1.73. The van der Waals surface area contributed by atoms with Gasteiger partial charge >= 0.3 is 0 Å². The lowest BCUT2D eigenvalue weighted by atomic mass is 10.7. The molecule has 2 nitrogen and oxygen atoms in total. The number of rotatable bonds is 1. The van der Waals surface area contributed by atoms with E-state index in [0.29, 0.717) is 9.36 Å². The third-order valence-corrected chi connectivity index (χ3v) is 3.69. The molecule has 0 amide bonds. The molecule has 0 atom stereocenters. The quantitative estimate of drug-likeness (QED) is 0.730. The fourth-order valence-corrected chi connectivity index (χ4v) is 2.58. The third kappa shape index (κ3) is 1.63. The van der Waals surface area contributed by atoms with Crippen molar-refractivity contribution in [2.24, 2.45) is 0 Å². The van der Waals surface area contributed by atoms with E-state index in [4.69, 9.17) is 23.2 Å². The van der Waals surface area contributed by atoms with Crippen molar-refractivity contribution in [3.05, 3.63) is 15.4 Å². The molecule has 0 aliphatic carbocycles. The average molecular weight is 217 g/mol. The van der Waals surface area contributed by atoms with Crippen LogP contribution in [0.3, 0.4) is 0 Å². The molecule has 0 spiro atoms. The molecule has 0 N–H and O–H groups in total. The Bertz CT molecular complexity index is 288. The molecule has 1 aromatic heterocycles. The SMILES string of the molecule is O=[SH](=O)c1cc(Cl)c(Cl)s1. The van der Waals surface area contributed by atoms with E-state index in [1.54, 1.807) is 0 Å². The van der Waals surface area contributed by atoms with Gasteiger partial charge in [-0.1, -0.05) is 23.2 Å². The zero-order valence-electron chi connectivity index (χ0n) is 4.51. The van der Waals surface area contributed by atoms with Crippen molar-refractivity contribution in [1.82, 2.24) is 0 Å². The van der Waals surface area contributed by atoms with Crippen LogP contribution in [0, 0.1) is 0 Å². The van der Waals surface area contributed by atoms with E-state index >= 15 is 0 Å². The van der Waals surface area contributed by atoms with Crippen molar-refractivity contribution in [2.75, 3.05) is 0 Å². The minimum atomic E-state index is -2.54. The Balaban J connectivity index is 3.22. The highest BCUT2D eigenvalue weighted by Gasteiger charge is 2.05. The van der Waals surface area contributed by atoms with Crippen molar-refractivity contribution in [1.29, 1.82) is 0 Å². The Morgan fingerprint density at radius 3 is 2.20 bits per heavy atom. The lowest BCUT2D eigenvalue weighted by Crippen LogP contribution is -1.67. The maximum atomic E-state index is 10.3. The molecule has 0 aliphatic rings. The molecule has 1 rings (SSSR count). The van der Waals surface area contributed by atoms with Gasteiger partial charge in [0.25, 0.3) is 0 Å². The van der Waals surface area contributed by atoms with E-state index in [0.717, 1.165) is 11.3 Å². The van der Waals surface area contributed by atoms with E-state index < -0.39 is 10.7 Å². The van der Waals surface area contributed by atoms with E-state index in [9.17, 15) is 8.42 Å². The first-order valence-electron chi connectivity index (χ1n) is 2.20. The van der Waals surface area contributed by atoms with Crippen LogP contribution in [0.2, 0.25) is 9.36 Å². The van der Waals surface area contributed by atoms with Gasteiger partial charge in [0, 0.05) is 0 Å².